The van der Waals surface area contributed by atoms with E-state index in [0.29, 0.717) is 12.2 Å². The van der Waals surface area contributed by atoms with Crippen molar-refractivity contribution in [1.82, 2.24) is 19.9 Å². The van der Waals surface area contributed by atoms with E-state index in [1.54, 1.807) is 6.92 Å². The summed E-state index contributed by atoms with van der Waals surface area (Å²) in [5.74, 6) is 0.726. The van der Waals surface area contributed by atoms with Crippen LogP contribution in [0.5, 0.6) is 5.88 Å². The molecule has 2 heterocycles. The third-order valence-corrected chi connectivity index (χ3v) is 3.04. The molecule has 0 saturated heterocycles. The Balaban J connectivity index is 2.01. The topological polar surface area (TPSA) is 98.8 Å². The number of ether oxygens (including phenoxy) is 1. The molecule has 7 nitrogen and oxygen atoms in total. The maximum atomic E-state index is 12.6. The van der Waals surface area contributed by atoms with Crippen LogP contribution in [0.25, 0.3) is 0 Å². The zero-order valence-corrected chi connectivity index (χ0v) is 13.1. The van der Waals surface area contributed by atoms with Gasteiger partial charge in [-0.15, -0.1) is 0 Å². The molecule has 10 heteroatoms. The Hall–Kier alpha value is -2.65. The summed E-state index contributed by atoms with van der Waals surface area (Å²) in [5.41, 5.74) is 4.55. The fraction of sp³-hybridized carbons (Fsp3) is 0.429. The summed E-state index contributed by atoms with van der Waals surface area (Å²) in [6.07, 6.45) is -3.88. The number of nitrogen functional groups attached to an aromatic ring is 1. The predicted molar refractivity (Wildman–Crippen MR) is 81.4 cm³/mol. The minimum absolute atomic E-state index is 0.0836. The number of alkyl halides is 3. The number of halogens is 3. The first-order valence-corrected chi connectivity index (χ1v) is 7.19. The first-order valence-electron chi connectivity index (χ1n) is 7.19. The van der Waals surface area contributed by atoms with Crippen molar-refractivity contribution in [2.45, 2.75) is 32.5 Å². The van der Waals surface area contributed by atoms with Gasteiger partial charge >= 0.3 is 6.18 Å². The van der Waals surface area contributed by atoms with Gasteiger partial charge in [-0.1, -0.05) is 13.0 Å². The summed E-state index contributed by atoms with van der Waals surface area (Å²) in [7, 11) is 0. The minimum atomic E-state index is -4.51. The standard InChI is InChI=1S/C14H17F3N6O/c1-3-9(21-13-20-8(2)19-12(18)23-13)7-24-11-6-4-5-10(22-11)14(15,16)17/h4-6,9H,3,7H2,1-2H3,(H3,18,19,20,21,23). The molecule has 0 aromatic carbocycles. The molecule has 0 amide bonds. The summed E-state index contributed by atoms with van der Waals surface area (Å²) >= 11 is 0. The van der Waals surface area contributed by atoms with Crippen LogP contribution in [0.3, 0.4) is 0 Å². The first kappa shape index (κ1) is 17.7. The number of anilines is 2. The van der Waals surface area contributed by atoms with Gasteiger partial charge in [0.2, 0.25) is 17.8 Å². The Bertz CT molecular complexity index is 674. The molecule has 0 fully saturated rings. The molecule has 1 atom stereocenters. The smallest absolute Gasteiger partial charge is 0.433 e. The van der Waals surface area contributed by atoms with Crippen molar-refractivity contribution >= 4 is 11.9 Å². The van der Waals surface area contributed by atoms with E-state index >= 15 is 0 Å². The molecule has 0 spiro atoms. The number of nitrogens with zero attached hydrogens (tertiary/aromatic N) is 4. The monoisotopic (exact) mass is 342 g/mol. The highest BCUT2D eigenvalue weighted by Gasteiger charge is 2.32. The maximum Gasteiger partial charge on any atom is 0.433 e. The Morgan fingerprint density at radius 1 is 1.21 bits per heavy atom. The van der Waals surface area contributed by atoms with E-state index in [9.17, 15) is 13.2 Å². The molecule has 2 aromatic heterocycles. The second kappa shape index (κ2) is 7.28. The van der Waals surface area contributed by atoms with E-state index in [1.807, 2.05) is 6.92 Å². The van der Waals surface area contributed by atoms with Gasteiger partial charge in [-0.05, 0) is 19.4 Å². The fourth-order valence-electron chi connectivity index (χ4n) is 1.85. The molecule has 1 unspecified atom stereocenters. The Labute approximate surface area is 136 Å². The molecule has 2 aromatic rings. The van der Waals surface area contributed by atoms with Gasteiger partial charge in [-0.2, -0.15) is 28.1 Å². The van der Waals surface area contributed by atoms with Crippen LogP contribution in [0.2, 0.25) is 0 Å². The number of aryl methyl sites for hydroxylation is 1. The normalized spacial score (nSPS) is 12.7. The molecule has 0 aliphatic heterocycles. The first-order chi connectivity index (χ1) is 11.3. The van der Waals surface area contributed by atoms with E-state index in [1.165, 1.54) is 12.1 Å². The van der Waals surface area contributed by atoms with E-state index in [2.05, 4.69) is 25.3 Å². The quantitative estimate of drug-likeness (QED) is 0.832. The molecule has 0 radical (unpaired) electrons. The molecule has 0 aliphatic carbocycles. The van der Waals surface area contributed by atoms with Gasteiger partial charge in [-0.25, -0.2) is 4.98 Å². The largest absolute Gasteiger partial charge is 0.475 e. The lowest BCUT2D eigenvalue weighted by molar-refractivity contribution is -0.141. The highest BCUT2D eigenvalue weighted by atomic mass is 19.4. The van der Waals surface area contributed by atoms with Crippen molar-refractivity contribution in [2.24, 2.45) is 0 Å². The average Bonchev–Trinajstić information content (AvgIpc) is 2.50. The van der Waals surface area contributed by atoms with Gasteiger partial charge in [0.15, 0.2) is 0 Å². The zero-order valence-electron chi connectivity index (χ0n) is 13.1. The molecule has 3 N–H and O–H groups in total. The van der Waals surface area contributed by atoms with Gasteiger partial charge in [0.25, 0.3) is 0 Å². The van der Waals surface area contributed by atoms with Crippen LogP contribution in [0.1, 0.15) is 24.9 Å². The van der Waals surface area contributed by atoms with Crippen LogP contribution in [-0.2, 0) is 6.18 Å². The molecule has 0 bridgehead atoms. The van der Waals surface area contributed by atoms with E-state index in [4.69, 9.17) is 10.5 Å². The molecule has 2 rings (SSSR count). The number of rotatable bonds is 6. The van der Waals surface area contributed by atoms with Crippen molar-refractivity contribution in [3.8, 4) is 5.88 Å². The lowest BCUT2D eigenvalue weighted by Crippen LogP contribution is -2.28. The van der Waals surface area contributed by atoms with Crippen molar-refractivity contribution in [2.75, 3.05) is 17.7 Å². The van der Waals surface area contributed by atoms with Crippen LogP contribution < -0.4 is 15.8 Å². The van der Waals surface area contributed by atoms with Crippen LogP contribution in [0.4, 0.5) is 25.1 Å². The van der Waals surface area contributed by atoms with E-state index < -0.39 is 11.9 Å². The number of aromatic nitrogens is 4. The third kappa shape index (κ3) is 4.93. The lowest BCUT2D eigenvalue weighted by atomic mass is 10.2. The predicted octanol–water partition coefficient (Wildman–Crippen LogP) is 2.45. The summed E-state index contributed by atoms with van der Waals surface area (Å²) in [4.78, 5) is 15.3. The van der Waals surface area contributed by atoms with Crippen LogP contribution in [0.15, 0.2) is 18.2 Å². The third-order valence-electron chi connectivity index (χ3n) is 3.04. The molecular formula is C14H17F3N6O. The Morgan fingerprint density at radius 3 is 2.58 bits per heavy atom. The van der Waals surface area contributed by atoms with Crippen molar-refractivity contribution < 1.29 is 17.9 Å². The van der Waals surface area contributed by atoms with Crippen molar-refractivity contribution in [1.29, 1.82) is 0 Å². The highest BCUT2D eigenvalue weighted by Crippen LogP contribution is 2.28. The minimum Gasteiger partial charge on any atom is -0.475 e. The highest BCUT2D eigenvalue weighted by molar-refractivity contribution is 5.32. The van der Waals surface area contributed by atoms with Crippen LogP contribution in [0, 0.1) is 6.92 Å². The Kier molecular flexibility index (Phi) is 5.37. The van der Waals surface area contributed by atoms with Crippen LogP contribution >= 0.6 is 0 Å². The number of hydrogen-bond acceptors (Lipinski definition) is 7. The fourth-order valence-corrected chi connectivity index (χ4v) is 1.85. The summed E-state index contributed by atoms with van der Waals surface area (Å²) in [5, 5.41) is 3.01. The van der Waals surface area contributed by atoms with Gasteiger partial charge in [0, 0.05) is 6.07 Å². The van der Waals surface area contributed by atoms with Gasteiger partial charge in [0.05, 0.1) is 6.04 Å². The summed E-state index contributed by atoms with van der Waals surface area (Å²) < 4.78 is 43.2. The van der Waals surface area contributed by atoms with Crippen LogP contribution in [-0.4, -0.2) is 32.6 Å². The second-order valence-corrected chi connectivity index (χ2v) is 4.98. The summed E-state index contributed by atoms with van der Waals surface area (Å²) in [6, 6.07) is 3.27. The SMILES string of the molecule is CCC(COc1cccc(C(F)(F)F)n1)Nc1nc(C)nc(N)n1. The lowest BCUT2D eigenvalue weighted by Gasteiger charge is -2.18. The second-order valence-electron chi connectivity index (χ2n) is 4.98. The van der Waals surface area contributed by atoms with Gasteiger partial charge in [0.1, 0.15) is 18.1 Å². The molecule has 0 saturated carbocycles. The number of pyridine rings is 1. The molecule has 130 valence electrons. The van der Waals surface area contributed by atoms with Gasteiger partial charge < -0.3 is 15.8 Å². The summed E-state index contributed by atoms with van der Waals surface area (Å²) in [6.45, 7) is 3.65. The molecule has 24 heavy (non-hydrogen) atoms. The maximum absolute atomic E-state index is 12.6. The van der Waals surface area contributed by atoms with E-state index in [-0.39, 0.29) is 30.4 Å². The number of nitrogens with two attached hydrogens (primary N) is 1. The zero-order chi connectivity index (χ0) is 17.7. The molecular weight excluding hydrogens is 325 g/mol. The van der Waals surface area contributed by atoms with Crippen molar-refractivity contribution in [3.63, 3.8) is 0 Å². The average molecular weight is 342 g/mol. The van der Waals surface area contributed by atoms with Crippen molar-refractivity contribution in [3.05, 3.63) is 29.7 Å². The number of nitrogens with one attached hydrogen (secondary N) is 1. The van der Waals surface area contributed by atoms with E-state index in [0.717, 1.165) is 6.07 Å². The van der Waals surface area contributed by atoms with Gasteiger partial charge in [-0.3, -0.25) is 0 Å². The number of hydrogen-bond donors (Lipinski definition) is 2. The Morgan fingerprint density at radius 2 is 1.96 bits per heavy atom. The molecule has 0 aliphatic rings.